The fourth-order valence-electron chi connectivity index (χ4n) is 2.05. The number of aromatic nitrogens is 2. The Morgan fingerprint density at radius 1 is 1.35 bits per heavy atom. The minimum Gasteiger partial charge on any atom is -0.323 e. The number of nitrogens with two attached hydrogens (primary N) is 1. The molecule has 2 aromatic rings. The number of nitrogens with zero attached hydrogens (tertiary/aromatic N) is 3. The van der Waals surface area contributed by atoms with Crippen molar-refractivity contribution in [3.8, 4) is 0 Å². The number of imidazole rings is 1. The third kappa shape index (κ3) is 1.73. The highest BCUT2D eigenvalue weighted by Crippen LogP contribution is 2.17. The van der Waals surface area contributed by atoms with Gasteiger partial charge in [-0.1, -0.05) is 6.07 Å². The van der Waals surface area contributed by atoms with Gasteiger partial charge in [-0.3, -0.25) is 9.13 Å². The molecule has 17 heavy (non-hydrogen) atoms. The number of aryl methyl sites for hydroxylation is 1. The molecular weight excluding hydrogens is 216 g/mol. The number of rotatable bonds is 2. The van der Waals surface area contributed by atoms with E-state index in [4.69, 9.17) is 5.84 Å². The Hall–Kier alpha value is -2.04. The van der Waals surface area contributed by atoms with Gasteiger partial charge in [0.2, 0.25) is 0 Å². The van der Waals surface area contributed by atoms with Crippen molar-refractivity contribution in [1.82, 2.24) is 9.13 Å². The van der Waals surface area contributed by atoms with E-state index in [0.29, 0.717) is 0 Å². The summed E-state index contributed by atoms with van der Waals surface area (Å²) in [4.78, 5) is 12.1. The first-order valence-electron chi connectivity index (χ1n) is 5.50. The van der Waals surface area contributed by atoms with Crippen molar-refractivity contribution in [1.29, 1.82) is 0 Å². The van der Waals surface area contributed by atoms with Crippen LogP contribution in [0.25, 0.3) is 11.0 Å². The lowest BCUT2D eigenvalue weighted by Crippen LogP contribution is -2.23. The summed E-state index contributed by atoms with van der Waals surface area (Å²) in [7, 11) is 1.78. The molecule has 0 saturated heterocycles. The summed E-state index contributed by atoms with van der Waals surface area (Å²) in [6.45, 7) is 3.98. The van der Waals surface area contributed by atoms with Gasteiger partial charge in [0.05, 0.1) is 17.2 Å². The van der Waals surface area contributed by atoms with Crippen molar-refractivity contribution >= 4 is 17.2 Å². The van der Waals surface area contributed by atoms with Gasteiger partial charge in [0, 0.05) is 13.1 Å². The van der Waals surface area contributed by atoms with E-state index in [0.717, 1.165) is 16.6 Å². The molecule has 0 bridgehead atoms. The van der Waals surface area contributed by atoms with E-state index in [1.54, 1.807) is 22.4 Å². The summed E-state index contributed by atoms with van der Waals surface area (Å²) in [5.41, 5.74) is 2.71. The lowest BCUT2D eigenvalue weighted by molar-refractivity contribution is 0.583. The van der Waals surface area contributed by atoms with Gasteiger partial charge in [0.15, 0.2) is 0 Å². The largest absolute Gasteiger partial charge is 0.329 e. The molecule has 5 heteroatoms. The van der Waals surface area contributed by atoms with E-state index in [1.807, 2.05) is 32.0 Å². The predicted molar refractivity (Wildman–Crippen MR) is 69.3 cm³/mol. The summed E-state index contributed by atoms with van der Waals surface area (Å²) in [5.74, 6) is 5.13. The van der Waals surface area contributed by atoms with Gasteiger partial charge in [0.1, 0.15) is 0 Å². The van der Waals surface area contributed by atoms with Gasteiger partial charge >= 0.3 is 5.69 Å². The van der Waals surface area contributed by atoms with Gasteiger partial charge in [0.25, 0.3) is 0 Å². The summed E-state index contributed by atoms with van der Waals surface area (Å²) >= 11 is 0. The molecule has 1 aromatic carbocycles. The van der Waals surface area contributed by atoms with Crippen LogP contribution < -0.4 is 11.5 Å². The molecule has 0 unspecified atom stereocenters. The quantitative estimate of drug-likeness (QED) is 0.480. The van der Waals surface area contributed by atoms with E-state index < -0.39 is 0 Å². The van der Waals surface area contributed by atoms with Crippen LogP contribution in [0.5, 0.6) is 0 Å². The zero-order valence-corrected chi connectivity index (χ0v) is 10.2. The predicted octanol–water partition coefficient (Wildman–Crippen LogP) is 1.21. The Labute approximate surface area is 99.2 Å². The molecule has 0 radical (unpaired) electrons. The van der Waals surface area contributed by atoms with Crippen molar-refractivity contribution in [2.45, 2.75) is 19.9 Å². The molecule has 2 N–H and O–H groups in total. The molecule has 1 aromatic heterocycles. The zero-order valence-electron chi connectivity index (χ0n) is 10.2. The van der Waals surface area contributed by atoms with Gasteiger partial charge in [-0.05, 0) is 31.5 Å². The molecule has 0 aliphatic rings. The third-order valence-corrected chi connectivity index (χ3v) is 2.85. The topological polar surface area (TPSA) is 65.3 Å². The molecule has 0 atom stereocenters. The third-order valence-electron chi connectivity index (χ3n) is 2.85. The van der Waals surface area contributed by atoms with Crippen molar-refractivity contribution in [2.75, 3.05) is 0 Å². The van der Waals surface area contributed by atoms with E-state index in [9.17, 15) is 4.79 Å². The minimum atomic E-state index is -0.00293. The van der Waals surface area contributed by atoms with Crippen LogP contribution >= 0.6 is 0 Å². The smallest absolute Gasteiger partial charge is 0.323 e. The van der Waals surface area contributed by atoms with Crippen molar-refractivity contribution in [3.63, 3.8) is 0 Å². The van der Waals surface area contributed by atoms with Crippen LogP contribution in [0.15, 0.2) is 28.1 Å². The van der Waals surface area contributed by atoms with Crippen LogP contribution in [0.4, 0.5) is 0 Å². The average molecular weight is 232 g/mol. The van der Waals surface area contributed by atoms with Crippen LogP contribution in [0.3, 0.4) is 0 Å². The number of hydrogen-bond acceptors (Lipinski definition) is 3. The molecule has 2 rings (SSSR count). The summed E-state index contributed by atoms with van der Waals surface area (Å²) in [6.07, 6.45) is 1.57. The minimum absolute atomic E-state index is 0.00293. The molecule has 0 aliphatic carbocycles. The van der Waals surface area contributed by atoms with Crippen molar-refractivity contribution in [3.05, 3.63) is 34.2 Å². The summed E-state index contributed by atoms with van der Waals surface area (Å²) < 4.78 is 3.42. The molecule has 0 fully saturated rings. The first kappa shape index (κ1) is 11.4. The lowest BCUT2D eigenvalue weighted by Gasteiger charge is -2.06. The van der Waals surface area contributed by atoms with Gasteiger partial charge in [-0.25, -0.2) is 4.79 Å². The van der Waals surface area contributed by atoms with E-state index in [2.05, 4.69) is 5.10 Å². The zero-order chi connectivity index (χ0) is 12.6. The number of fused-ring (bicyclic) bond motifs is 1. The Kier molecular flexibility index (Phi) is 2.75. The fourth-order valence-corrected chi connectivity index (χ4v) is 2.05. The van der Waals surface area contributed by atoms with Crippen LogP contribution in [-0.2, 0) is 7.05 Å². The van der Waals surface area contributed by atoms with Crippen molar-refractivity contribution in [2.24, 2.45) is 18.0 Å². The number of benzene rings is 1. The van der Waals surface area contributed by atoms with Crippen LogP contribution in [0.1, 0.15) is 25.5 Å². The second kappa shape index (κ2) is 4.08. The van der Waals surface area contributed by atoms with Crippen LogP contribution in [0, 0.1) is 0 Å². The fraction of sp³-hybridized carbons (Fsp3) is 0.333. The first-order chi connectivity index (χ1) is 8.06. The van der Waals surface area contributed by atoms with Crippen molar-refractivity contribution < 1.29 is 0 Å². The highest BCUT2D eigenvalue weighted by Gasteiger charge is 2.12. The lowest BCUT2D eigenvalue weighted by atomic mass is 10.2. The standard InChI is InChI=1S/C12H16N4O/c1-8(2)16-11-6-9(7-14-13)4-5-10(11)15(3)12(16)17/h4-8H,13H2,1-3H3. The van der Waals surface area contributed by atoms with E-state index >= 15 is 0 Å². The average Bonchev–Trinajstić information content (AvgIpc) is 2.52. The Morgan fingerprint density at radius 2 is 2.06 bits per heavy atom. The normalized spacial score (nSPS) is 12.0. The van der Waals surface area contributed by atoms with Gasteiger partial charge in [-0.15, -0.1) is 0 Å². The Morgan fingerprint density at radius 3 is 2.65 bits per heavy atom. The Balaban J connectivity index is 2.83. The molecule has 90 valence electrons. The summed E-state index contributed by atoms with van der Waals surface area (Å²) in [5, 5.41) is 3.50. The molecule has 5 nitrogen and oxygen atoms in total. The van der Waals surface area contributed by atoms with E-state index in [1.165, 1.54) is 0 Å². The first-order valence-corrected chi connectivity index (χ1v) is 5.50. The van der Waals surface area contributed by atoms with Gasteiger partial charge in [-0.2, -0.15) is 5.10 Å². The number of hydrazone groups is 1. The monoisotopic (exact) mass is 232 g/mol. The molecule has 0 amide bonds. The van der Waals surface area contributed by atoms with E-state index in [-0.39, 0.29) is 11.7 Å². The van der Waals surface area contributed by atoms with Gasteiger partial charge < -0.3 is 5.84 Å². The highest BCUT2D eigenvalue weighted by atomic mass is 16.1. The second-order valence-electron chi connectivity index (χ2n) is 4.33. The summed E-state index contributed by atoms with van der Waals surface area (Å²) in [6, 6.07) is 5.85. The highest BCUT2D eigenvalue weighted by molar-refractivity contribution is 5.87. The molecule has 0 aliphatic heterocycles. The molecule has 0 spiro atoms. The molecule has 1 heterocycles. The van der Waals surface area contributed by atoms with Crippen LogP contribution in [-0.4, -0.2) is 15.3 Å². The molecular formula is C12H16N4O. The maximum absolute atomic E-state index is 12.1. The molecule has 0 saturated carbocycles. The maximum Gasteiger partial charge on any atom is 0.329 e. The maximum atomic E-state index is 12.1. The second-order valence-corrected chi connectivity index (χ2v) is 4.33. The SMILES string of the molecule is CC(C)n1c(=O)n(C)c2ccc(C=NN)cc21. The number of hydrogen-bond donors (Lipinski definition) is 1. The van der Waals surface area contributed by atoms with Crippen LogP contribution in [0.2, 0.25) is 0 Å². The Bertz CT molecular complexity index is 634.